The van der Waals surface area contributed by atoms with Crippen LogP contribution in [0, 0.1) is 29.6 Å². The number of rotatable bonds is 11. The average molecular weight is 874 g/mol. The first kappa shape index (κ1) is 51.4. The third-order valence-electron chi connectivity index (χ3n) is 13.4. The van der Waals surface area contributed by atoms with Crippen LogP contribution >= 0.6 is 0 Å². The van der Waals surface area contributed by atoms with E-state index >= 15 is 0 Å². The number of allylic oxidation sites excluding steroid dienone is 4. The SMILES string of the molecule is C=CC[C@@H]1/C=C(\C)C[C@H](C)C[C@H](OC)[C@H]2O[C@@](O)(C(=O)C(=O)N3CCCC[C@H]3C(=O)O[C@H](/C(C)=C/C3CCC(OCC(=O)OCCC)CC3)[C@H](C)[C@@H](O)CC1=O)[C@H](C)C[C@@H]2OC. The fourth-order valence-electron chi connectivity index (χ4n) is 9.74. The number of methoxy groups -OCH3 is 2. The van der Waals surface area contributed by atoms with Crippen LogP contribution in [0.1, 0.15) is 125 Å². The quantitative estimate of drug-likeness (QED) is 0.140. The number of nitrogens with zero attached hydrogens (tertiary/aromatic N) is 1. The lowest BCUT2D eigenvalue weighted by Crippen LogP contribution is -2.64. The molecule has 1 amide bonds. The van der Waals surface area contributed by atoms with Gasteiger partial charge in [-0.1, -0.05) is 51.5 Å². The van der Waals surface area contributed by atoms with Crippen LogP contribution in [-0.2, 0) is 52.4 Å². The molecule has 0 aromatic heterocycles. The third kappa shape index (κ3) is 13.4. The van der Waals surface area contributed by atoms with Gasteiger partial charge in [0.05, 0.1) is 31.0 Å². The molecule has 3 heterocycles. The molecule has 1 aliphatic carbocycles. The number of aliphatic hydroxyl groups excluding tert-OH is 1. The van der Waals surface area contributed by atoms with Crippen molar-refractivity contribution < 1.29 is 62.6 Å². The van der Waals surface area contributed by atoms with Gasteiger partial charge in [0.2, 0.25) is 5.79 Å². The highest BCUT2D eigenvalue weighted by molar-refractivity contribution is 6.39. The number of ketones is 2. The maximum atomic E-state index is 14.4. The zero-order valence-corrected chi connectivity index (χ0v) is 38.5. The highest BCUT2D eigenvalue weighted by atomic mass is 16.7. The number of carbonyl (C=O) groups excluding carboxylic acids is 5. The fourth-order valence-corrected chi connectivity index (χ4v) is 9.74. The number of Topliss-reactive ketones (excluding diaryl/α,β-unsaturated/α-hetero) is 2. The van der Waals surface area contributed by atoms with Crippen molar-refractivity contribution in [2.24, 2.45) is 29.6 Å². The van der Waals surface area contributed by atoms with Crippen molar-refractivity contribution >= 4 is 29.4 Å². The molecule has 4 aliphatic rings. The van der Waals surface area contributed by atoms with Crippen LogP contribution in [0.2, 0.25) is 0 Å². The van der Waals surface area contributed by atoms with Crippen molar-refractivity contribution in [3.05, 3.63) is 36.0 Å². The smallest absolute Gasteiger partial charge is 0.332 e. The Morgan fingerprint density at radius 2 is 1.68 bits per heavy atom. The van der Waals surface area contributed by atoms with Gasteiger partial charge >= 0.3 is 11.9 Å². The number of carbonyl (C=O) groups is 5. The summed E-state index contributed by atoms with van der Waals surface area (Å²) in [6.45, 7) is 15.4. The molecule has 11 atom stereocenters. The predicted octanol–water partition coefficient (Wildman–Crippen LogP) is 5.99. The van der Waals surface area contributed by atoms with Crippen molar-refractivity contribution in [2.75, 3.05) is 34.0 Å². The summed E-state index contributed by atoms with van der Waals surface area (Å²) in [5, 5.41) is 23.8. The Kier molecular flexibility index (Phi) is 20.0. The summed E-state index contributed by atoms with van der Waals surface area (Å²) in [6, 6.07) is -1.14. The van der Waals surface area contributed by atoms with Gasteiger partial charge in [0.25, 0.3) is 11.7 Å². The van der Waals surface area contributed by atoms with E-state index in [0.717, 1.165) is 24.8 Å². The molecule has 0 aromatic carbocycles. The highest BCUT2D eigenvalue weighted by Gasteiger charge is 2.56. The van der Waals surface area contributed by atoms with Crippen LogP contribution in [0.5, 0.6) is 0 Å². The van der Waals surface area contributed by atoms with Crippen molar-refractivity contribution in [2.45, 2.75) is 173 Å². The molecule has 2 bridgehead atoms. The van der Waals surface area contributed by atoms with Crippen molar-refractivity contribution in [1.82, 2.24) is 4.90 Å². The van der Waals surface area contributed by atoms with Gasteiger partial charge in [-0.2, -0.15) is 0 Å². The van der Waals surface area contributed by atoms with E-state index in [4.69, 9.17) is 28.4 Å². The molecule has 0 spiro atoms. The maximum Gasteiger partial charge on any atom is 0.332 e. The van der Waals surface area contributed by atoms with E-state index in [2.05, 4.69) is 6.58 Å². The van der Waals surface area contributed by atoms with E-state index in [1.54, 1.807) is 19.9 Å². The van der Waals surface area contributed by atoms with Crippen LogP contribution in [0.25, 0.3) is 0 Å². The molecular formula is C48H75NO13. The number of piperidine rings is 1. The Balaban J connectivity index is 1.69. The molecule has 3 fully saturated rings. The van der Waals surface area contributed by atoms with Crippen molar-refractivity contribution in [3.63, 3.8) is 0 Å². The summed E-state index contributed by atoms with van der Waals surface area (Å²) in [5.74, 6) is -8.04. The lowest BCUT2D eigenvalue weighted by Gasteiger charge is -2.47. The molecule has 14 nitrogen and oxygen atoms in total. The Labute approximate surface area is 369 Å². The maximum absolute atomic E-state index is 14.4. The Morgan fingerprint density at radius 1 is 1.00 bits per heavy atom. The molecule has 2 saturated heterocycles. The number of aliphatic hydroxyl groups is 2. The zero-order chi connectivity index (χ0) is 45.7. The van der Waals surface area contributed by atoms with Gasteiger partial charge in [0, 0.05) is 44.9 Å². The van der Waals surface area contributed by atoms with Gasteiger partial charge in [0.1, 0.15) is 30.6 Å². The lowest BCUT2D eigenvalue weighted by molar-refractivity contribution is -0.302. The Bertz CT molecular complexity index is 1600. The normalized spacial score (nSPS) is 37.3. The zero-order valence-electron chi connectivity index (χ0n) is 38.5. The third-order valence-corrected chi connectivity index (χ3v) is 13.4. The molecule has 3 aliphatic heterocycles. The molecule has 0 radical (unpaired) electrons. The molecule has 0 unspecified atom stereocenters. The molecule has 62 heavy (non-hydrogen) atoms. The summed E-state index contributed by atoms with van der Waals surface area (Å²) in [6.07, 6.45) is 7.76. The largest absolute Gasteiger partial charge is 0.464 e. The molecular weight excluding hydrogens is 799 g/mol. The van der Waals surface area contributed by atoms with Crippen LogP contribution in [0.3, 0.4) is 0 Å². The van der Waals surface area contributed by atoms with E-state index in [-0.39, 0.29) is 62.1 Å². The Hall–Kier alpha value is -3.27. The molecule has 4 rings (SSSR count). The number of cyclic esters (lactones) is 1. The van der Waals surface area contributed by atoms with Crippen molar-refractivity contribution in [1.29, 1.82) is 0 Å². The van der Waals surface area contributed by atoms with E-state index < -0.39 is 77.8 Å². The summed E-state index contributed by atoms with van der Waals surface area (Å²) in [7, 11) is 3.05. The summed E-state index contributed by atoms with van der Waals surface area (Å²) >= 11 is 0. The number of amides is 1. The van der Waals surface area contributed by atoms with Gasteiger partial charge < -0.3 is 43.5 Å². The second-order valence-electron chi connectivity index (χ2n) is 18.4. The summed E-state index contributed by atoms with van der Waals surface area (Å²) in [5.41, 5.74) is 1.64. The monoisotopic (exact) mass is 874 g/mol. The molecule has 14 heteroatoms. The topological polar surface area (TPSA) is 184 Å². The second-order valence-corrected chi connectivity index (χ2v) is 18.4. The molecule has 350 valence electrons. The van der Waals surface area contributed by atoms with Crippen LogP contribution < -0.4 is 0 Å². The van der Waals surface area contributed by atoms with E-state index in [1.807, 2.05) is 39.8 Å². The molecule has 0 aromatic rings. The number of hydrogen-bond acceptors (Lipinski definition) is 13. The van der Waals surface area contributed by atoms with Gasteiger partial charge in [-0.25, -0.2) is 9.59 Å². The fraction of sp³-hybridized carbons (Fsp3) is 0.771. The van der Waals surface area contributed by atoms with E-state index in [0.29, 0.717) is 57.1 Å². The summed E-state index contributed by atoms with van der Waals surface area (Å²) < 4.78 is 35.3. The average Bonchev–Trinajstić information content (AvgIpc) is 3.25. The standard InChI is InChI=1S/C48H75NO13/c1-10-14-35-23-29(3)22-30(4)24-40(57-8)44-41(58-9)26-32(6)48(56,62-44)45(53)46(54)49-20-13-12-15-37(49)47(55)61-43(33(7)38(50)27-39(35)51)31(5)25-34-16-18-36(19-17-34)60-28-42(52)59-21-11-2/h10,23,25,30,32-38,40-41,43-44,50,56H,1,11-22,24,26-28H2,2-9H3/b29-23+,31-25+/t30-,32+,33+,34?,35+,36?,37-,38-,40-,41-,43+,44+,48+/m0/s1. The van der Waals surface area contributed by atoms with Gasteiger partial charge in [-0.05, 0) is 108 Å². The van der Waals surface area contributed by atoms with Gasteiger partial charge in [-0.3, -0.25) is 14.4 Å². The highest BCUT2D eigenvalue weighted by Crippen LogP contribution is 2.39. The first-order valence-corrected chi connectivity index (χ1v) is 22.9. The number of esters is 2. The van der Waals surface area contributed by atoms with E-state index in [1.165, 1.54) is 19.1 Å². The number of ether oxygens (including phenoxy) is 6. The van der Waals surface area contributed by atoms with Crippen LogP contribution in [-0.4, -0.2) is 127 Å². The van der Waals surface area contributed by atoms with E-state index in [9.17, 15) is 34.2 Å². The summed E-state index contributed by atoms with van der Waals surface area (Å²) in [4.78, 5) is 70.1. The first-order valence-electron chi connectivity index (χ1n) is 22.9. The molecule has 2 N–H and O–H groups in total. The Morgan fingerprint density at radius 3 is 2.32 bits per heavy atom. The number of fused-ring (bicyclic) bond motifs is 3. The predicted molar refractivity (Wildman–Crippen MR) is 231 cm³/mol. The van der Waals surface area contributed by atoms with Crippen LogP contribution in [0.4, 0.5) is 0 Å². The van der Waals surface area contributed by atoms with Crippen molar-refractivity contribution in [3.8, 4) is 0 Å². The first-order chi connectivity index (χ1) is 29.5. The number of hydrogen-bond donors (Lipinski definition) is 2. The van der Waals surface area contributed by atoms with Gasteiger partial charge in [-0.15, -0.1) is 6.58 Å². The minimum absolute atomic E-state index is 0.00556. The second kappa shape index (κ2) is 24.1. The lowest BCUT2D eigenvalue weighted by atomic mass is 9.82. The minimum Gasteiger partial charge on any atom is -0.464 e. The molecule has 1 saturated carbocycles. The van der Waals surface area contributed by atoms with Crippen LogP contribution in [0.15, 0.2) is 36.0 Å². The van der Waals surface area contributed by atoms with Gasteiger partial charge in [0.15, 0.2) is 0 Å². The minimum atomic E-state index is -2.52.